The number of anilines is 2. The van der Waals surface area contributed by atoms with Crippen LogP contribution in [0.15, 0.2) is 22.7 Å². The van der Waals surface area contributed by atoms with E-state index >= 15 is 0 Å². The maximum Gasteiger partial charge on any atom is 0.337 e. The van der Waals surface area contributed by atoms with Crippen molar-refractivity contribution in [3.8, 4) is 5.75 Å². The number of nitrogens with two attached hydrogens (primary N) is 1. The number of rotatable bonds is 5. The molecule has 0 atom stereocenters. The van der Waals surface area contributed by atoms with Crippen molar-refractivity contribution < 1.29 is 14.3 Å². The lowest BCUT2D eigenvalue weighted by atomic mass is 10.2. The van der Waals surface area contributed by atoms with E-state index in [9.17, 15) is 4.79 Å². The fraction of sp³-hybridized carbons (Fsp3) is 0.286. The first-order valence-electron chi connectivity index (χ1n) is 6.59. The molecule has 0 aliphatic rings. The Bertz CT molecular complexity index is 724. The summed E-state index contributed by atoms with van der Waals surface area (Å²) < 4.78 is 10.9. The van der Waals surface area contributed by atoms with Crippen LogP contribution in [-0.4, -0.2) is 42.1 Å². The van der Waals surface area contributed by atoms with E-state index in [1.54, 1.807) is 23.1 Å². The predicted molar refractivity (Wildman–Crippen MR) is 88.4 cm³/mol. The van der Waals surface area contributed by atoms with E-state index in [1.807, 2.05) is 14.1 Å². The molecule has 9 heteroatoms. The Hall–Kier alpha value is -2.42. The molecule has 2 rings (SSSR count). The lowest BCUT2D eigenvalue weighted by Crippen LogP contribution is -2.17. The Morgan fingerprint density at radius 3 is 2.65 bits per heavy atom. The summed E-state index contributed by atoms with van der Waals surface area (Å²) in [5.74, 6) is 1.12. The van der Waals surface area contributed by atoms with Crippen LogP contribution in [-0.2, 0) is 11.3 Å². The van der Waals surface area contributed by atoms with Crippen LogP contribution in [0, 0.1) is 0 Å². The molecular weight excluding hydrogens is 366 g/mol. The highest BCUT2D eigenvalue weighted by atomic mass is 79.9. The number of carbonyl (C=O) groups excluding carboxylic acids is 1. The fourth-order valence-electron chi connectivity index (χ4n) is 1.69. The molecule has 1 aromatic carbocycles. The van der Waals surface area contributed by atoms with Crippen molar-refractivity contribution >= 4 is 33.8 Å². The standard InChI is InChI=1S/C14H16BrN5O3/c1-20(2)14-18-11(17-13(16)19-14)7-23-10-5-4-8(6-9(10)15)12(21)22-3/h4-6H,7H2,1-3H3,(H2,16,17,18,19). The van der Waals surface area contributed by atoms with Gasteiger partial charge in [0.05, 0.1) is 17.1 Å². The van der Waals surface area contributed by atoms with Crippen LogP contribution in [0.5, 0.6) is 5.75 Å². The second-order valence-electron chi connectivity index (χ2n) is 4.73. The highest BCUT2D eigenvalue weighted by Gasteiger charge is 2.11. The van der Waals surface area contributed by atoms with Crippen molar-refractivity contribution in [2.45, 2.75) is 6.61 Å². The van der Waals surface area contributed by atoms with Crippen LogP contribution in [0.2, 0.25) is 0 Å². The summed E-state index contributed by atoms with van der Waals surface area (Å²) in [6.07, 6.45) is 0. The molecule has 1 heterocycles. The number of hydrogen-bond acceptors (Lipinski definition) is 8. The number of ether oxygens (including phenoxy) is 2. The Balaban J connectivity index is 2.13. The fourth-order valence-corrected chi connectivity index (χ4v) is 2.19. The molecule has 2 aromatic rings. The van der Waals surface area contributed by atoms with Gasteiger partial charge < -0.3 is 20.1 Å². The SMILES string of the molecule is COC(=O)c1ccc(OCc2nc(N)nc(N(C)C)n2)c(Br)c1. The first-order valence-corrected chi connectivity index (χ1v) is 7.38. The molecule has 2 N–H and O–H groups in total. The maximum atomic E-state index is 11.5. The summed E-state index contributed by atoms with van der Waals surface area (Å²) in [6.45, 7) is 0.115. The van der Waals surface area contributed by atoms with E-state index in [0.29, 0.717) is 27.6 Å². The van der Waals surface area contributed by atoms with Gasteiger partial charge in [-0.2, -0.15) is 15.0 Å². The Morgan fingerprint density at radius 1 is 1.30 bits per heavy atom. The van der Waals surface area contributed by atoms with E-state index in [1.165, 1.54) is 7.11 Å². The van der Waals surface area contributed by atoms with Crippen LogP contribution in [0.25, 0.3) is 0 Å². The molecular formula is C14H16BrN5O3. The second kappa shape index (κ2) is 7.23. The van der Waals surface area contributed by atoms with Crippen LogP contribution >= 0.6 is 15.9 Å². The molecule has 0 saturated heterocycles. The molecule has 0 aliphatic heterocycles. The van der Waals surface area contributed by atoms with Gasteiger partial charge in [0.1, 0.15) is 12.4 Å². The number of carbonyl (C=O) groups is 1. The van der Waals surface area contributed by atoms with Gasteiger partial charge in [-0.3, -0.25) is 0 Å². The van der Waals surface area contributed by atoms with Gasteiger partial charge in [-0.05, 0) is 34.1 Å². The van der Waals surface area contributed by atoms with Crippen molar-refractivity contribution in [2.24, 2.45) is 0 Å². The predicted octanol–water partition coefficient (Wildman–Crippen LogP) is 1.65. The van der Waals surface area contributed by atoms with Gasteiger partial charge in [0, 0.05) is 14.1 Å². The average Bonchev–Trinajstić information content (AvgIpc) is 2.52. The largest absolute Gasteiger partial charge is 0.484 e. The molecule has 0 unspecified atom stereocenters. The number of hydrogen-bond donors (Lipinski definition) is 1. The molecule has 0 amide bonds. The number of methoxy groups -OCH3 is 1. The van der Waals surface area contributed by atoms with Gasteiger partial charge in [0.25, 0.3) is 0 Å². The monoisotopic (exact) mass is 381 g/mol. The Morgan fingerprint density at radius 2 is 2.04 bits per heavy atom. The van der Waals surface area contributed by atoms with Crippen molar-refractivity contribution in [2.75, 3.05) is 31.8 Å². The summed E-state index contributed by atoms with van der Waals surface area (Å²) in [5, 5.41) is 0. The van der Waals surface area contributed by atoms with Gasteiger partial charge in [0.15, 0.2) is 5.82 Å². The minimum Gasteiger partial charge on any atom is -0.484 e. The van der Waals surface area contributed by atoms with Crippen molar-refractivity contribution in [1.29, 1.82) is 0 Å². The normalized spacial score (nSPS) is 10.3. The van der Waals surface area contributed by atoms with Gasteiger partial charge in [-0.15, -0.1) is 0 Å². The number of nitrogen functional groups attached to an aromatic ring is 1. The number of halogens is 1. The van der Waals surface area contributed by atoms with Crippen molar-refractivity contribution in [1.82, 2.24) is 15.0 Å². The van der Waals surface area contributed by atoms with Gasteiger partial charge in [0.2, 0.25) is 11.9 Å². The lowest BCUT2D eigenvalue weighted by molar-refractivity contribution is 0.0600. The number of aromatic nitrogens is 3. The first-order chi connectivity index (χ1) is 10.9. The Labute approximate surface area is 141 Å². The second-order valence-corrected chi connectivity index (χ2v) is 5.58. The molecule has 8 nitrogen and oxygen atoms in total. The number of esters is 1. The van der Waals surface area contributed by atoms with Crippen molar-refractivity contribution in [3.63, 3.8) is 0 Å². The highest BCUT2D eigenvalue weighted by molar-refractivity contribution is 9.10. The molecule has 23 heavy (non-hydrogen) atoms. The van der Waals surface area contributed by atoms with Crippen LogP contribution in [0.4, 0.5) is 11.9 Å². The van der Waals surface area contributed by atoms with Crippen LogP contribution < -0.4 is 15.4 Å². The minimum absolute atomic E-state index is 0.115. The third-order valence-corrected chi connectivity index (χ3v) is 3.42. The molecule has 0 radical (unpaired) electrons. The third-order valence-electron chi connectivity index (χ3n) is 2.80. The summed E-state index contributed by atoms with van der Waals surface area (Å²) in [4.78, 5) is 25.5. The maximum absolute atomic E-state index is 11.5. The number of nitrogens with zero attached hydrogens (tertiary/aromatic N) is 4. The molecule has 0 fully saturated rings. The third kappa shape index (κ3) is 4.28. The van der Waals surface area contributed by atoms with E-state index in [-0.39, 0.29) is 12.6 Å². The summed E-state index contributed by atoms with van der Waals surface area (Å²) in [7, 11) is 4.94. The van der Waals surface area contributed by atoms with Gasteiger partial charge in [-0.25, -0.2) is 4.79 Å². The molecule has 122 valence electrons. The summed E-state index contributed by atoms with van der Waals surface area (Å²) in [5.41, 5.74) is 6.08. The quantitative estimate of drug-likeness (QED) is 0.779. The molecule has 0 aliphatic carbocycles. The van der Waals surface area contributed by atoms with E-state index in [2.05, 4.69) is 35.6 Å². The van der Waals surface area contributed by atoms with E-state index in [4.69, 9.17) is 10.5 Å². The number of benzene rings is 1. The van der Waals surface area contributed by atoms with E-state index < -0.39 is 5.97 Å². The Kier molecular flexibility index (Phi) is 5.32. The zero-order valence-corrected chi connectivity index (χ0v) is 14.5. The van der Waals surface area contributed by atoms with Crippen molar-refractivity contribution in [3.05, 3.63) is 34.1 Å². The smallest absolute Gasteiger partial charge is 0.337 e. The van der Waals surface area contributed by atoms with Gasteiger partial charge >= 0.3 is 5.97 Å². The minimum atomic E-state index is -0.418. The molecule has 0 spiro atoms. The van der Waals surface area contributed by atoms with Crippen LogP contribution in [0.3, 0.4) is 0 Å². The van der Waals surface area contributed by atoms with E-state index in [0.717, 1.165) is 0 Å². The first kappa shape index (κ1) is 16.9. The van der Waals surface area contributed by atoms with Gasteiger partial charge in [-0.1, -0.05) is 0 Å². The molecule has 1 aromatic heterocycles. The summed E-state index contributed by atoms with van der Waals surface area (Å²) in [6, 6.07) is 4.89. The van der Waals surface area contributed by atoms with Crippen LogP contribution in [0.1, 0.15) is 16.2 Å². The molecule has 0 saturated carbocycles. The molecule has 0 bridgehead atoms. The zero-order chi connectivity index (χ0) is 17.0. The summed E-state index contributed by atoms with van der Waals surface area (Å²) >= 11 is 3.35. The topological polar surface area (TPSA) is 103 Å². The highest BCUT2D eigenvalue weighted by Crippen LogP contribution is 2.27. The average molecular weight is 382 g/mol. The zero-order valence-electron chi connectivity index (χ0n) is 12.9. The lowest BCUT2D eigenvalue weighted by Gasteiger charge is -2.12.